The summed E-state index contributed by atoms with van der Waals surface area (Å²) >= 11 is 0. The van der Waals surface area contributed by atoms with Crippen molar-refractivity contribution < 1.29 is 24.9 Å². The molecule has 0 saturated carbocycles. The van der Waals surface area contributed by atoms with Gasteiger partial charge in [0.2, 0.25) is 5.82 Å². The van der Waals surface area contributed by atoms with Crippen LogP contribution in [0.15, 0.2) is 6.33 Å². The molecule has 28 heavy (non-hydrogen) atoms. The molecule has 11 heteroatoms. The zero-order valence-electron chi connectivity index (χ0n) is 15.2. The van der Waals surface area contributed by atoms with Crippen LogP contribution in [0.5, 0.6) is 0 Å². The zero-order valence-corrected chi connectivity index (χ0v) is 15.2. The lowest BCUT2D eigenvalue weighted by molar-refractivity contribution is -0.163. The van der Waals surface area contributed by atoms with Gasteiger partial charge in [0.25, 0.3) is 5.91 Å². The first-order valence-electron chi connectivity index (χ1n) is 8.79. The van der Waals surface area contributed by atoms with Crippen molar-refractivity contribution in [1.82, 2.24) is 19.5 Å². The normalized spacial score (nSPS) is 26.9. The number of nitrogens with zero attached hydrogens (tertiary/aromatic N) is 4. The third kappa shape index (κ3) is 3.16. The zero-order chi connectivity index (χ0) is 20.5. The van der Waals surface area contributed by atoms with Crippen LogP contribution in [0, 0.1) is 11.8 Å². The number of fused-ring (bicyclic) bond motifs is 1. The molecular formula is C17H22N6O5. The maximum absolute atomic E-state index is 11.7. The van der Waals surface area contributed by atoms with Crippen LogP contribution in [0.3, 0.4) is 0 Å². The van der Waals surface area contributed by atoms with Crippen molar-refractivity contribution >= 4 is 22.9 Å². The quantitative estimate of drug-likeness (QED) is 0.297. The lowest BCUT2D eigenvalue weighted by atomic mass is 9.95. The second kappa shape index (κ2) is 7.69. The Balaban J connectivity index is 2.02. The second-order valence-corrected chi connectivity index (χ2v) is 6.52. The number of hydrogen-bond acceptors (Lipinski definition) is 9. The van der Waals surface area contributed by atoms with Crippen molar-refractivity contribution in [3.05, 3.63) is 12.2 Å². The van der Waals surface area contributed by atoms with Gasteiger partial charge in [0.1, 0.15) is 17.7 Å². The van der Waals surface area contributed by atoms with E-state index in [0.717, 1.165) is 12.8 Å². The molecule has 1 saturated heterocycles. The van der Waals surface area contributed by atoms with Gasteiger partial charge in [-0.1, -0.05) is 19.3 Å². The van der Waals surface area contributed by atoms with Gasteiger partial charge in [-0.15, -0.1) is 0 Å². The maximum atomic E-state index is 11.7. The molecule has 0 aliphatic carbocycles. The van der Waals surface area contributed by atoms with Gasteiger partial charge in [-0.2, -0.15) is 0 Å². The molecule has 0 unspecified atom stereocenters. The highest BCUT2D eigenvalue weighted by atomic mass is 16.6. The Kier molecular flexibility index (Phi) is 5.48. The number of unbranched alkanes of at least 4 members (excludes halogenated alkanes) is 2. The molecule has 0 spiro atoms. The smallest absolute Gasteiger partial charge is 0.255 e. The number of nitrogen functional groups attached to an aromatic ring is 1. The third-order valence-electron chi connectivity index (χ3n) is 4.65. The highest BCUT2D eigenvalue weighted by Gasteiger charge is 2.58. The van der Waals surface area contributed by atoms with Gasteiger partial charge in [0.15, 0.2) is 23.3 Å². The summed E-state index contributed by atoms with van der Waals surface area (Å²) in [4.78, 5) is 24.2. The van der Waals surface area contributed by atoms with Crippen LogP contribution in [0.25, 0.3) is 11.2 Å². The second-order valence-electron chi connectivity index (χ2n) is 6.52. The molecule has 1 aliphatic rings. The average molecular weight is 390 g/mol. The van der Waals surface area contributed by atoms with Gasteiger partial charge in [-0.3, -0.25) is 9.36 Å². The third-order valence-corrected chi connectivity index (χ3v) is 4.65. The van der Waals surface area contributed by atoms with Gasteiger partial charge < -0.3 is 31.5 Å². The minimum atomic E-state index is -2.15. The highest BCUT2D eigenvalue weighted by Crippen LogP contribution is 2.38. The Hall–Kier alpha value is -2.78. The summed E-state index contributed by atoms with van der Waals surface area (Å²) < 4.78 is 6.78. The number of ether oxygens (including phenoxy) is 1. The predicted molar refractivity (Wildman–Crippen MR) is 97.3 cm³/mol. The summed E-state index contributed by atoms with van der Waals surface area (Å²) in [7, 11) is 0. The monoisotopic (exact) mass is 390 g/mol. The summed E-state index contributed by atoms with van der Waals surface area (Å²) in [5, 5.41) is 30.2. The van der Waals surface area contributed by atoms with Crippen LogP contribution < -0.4 is 11.5 Å². The number of imidazole rings is 1. The van der Waals surface area contributed by atoms with E-state index in [1.807, 2.05) is 0 Å². The fourth-order valence-electron chi connectivity index (χ4n) is 3.01. The number of rotatable bonds is 5. The highest BCUT2D eigenvalue weighted by molar-refractivity contribution is 5.85. The Morgan fingerprint density at radius 2 is 2.18 bits per heavy atom. The molecule has 0 radical (unpaired) electrons. The largest absolute Gasteiger partial charge is 0.393 e. The molecule has 11 nitrogen and oxygen atoms in total. The van der Waals surface area contributed by atoms with E-state index in [-0.39, 0.29) is 22.8 Å². The average Bonchev–Trinajstić information content (AvgIpc) is 3.20. The van der Waals surface area contributed by atoms with Crippen molar-refractivity contribution in [3.63, 3.8) is 0 Å². The molecule has 3 rings (SSSR count). The van der Waals surface area contributed by atoms with Crippen LogP contribution in [0.1, 0.15) is 38.2 Å². The predicted octanol–water partition coefficient (Wildman–Crippen LogP) is -1.58. The summed E-state index contributed by atoms with van der Waals surface area (Å²) in [6.45, 7) is 1.15. The fourth-order valence-corrected chi connectivity index (χ4v) is 3.01. The maximum Gasteiger partial charge on any atom is 0.255 e. The molecule has 4 atom stereocenters. The van der Waals surface area contributed by atoms with E-state index in [9.17, 15) is 20.1 Å². The first-order chi connectivity index (χ1) is 13.4. The number of hydrogen-bond donors (Lipinski definition) is 5. The van der Waals surface area contributed by atoms with Gasteiger partial charge in [0, 0.05) is 6.42 Å². The molecule has 7 N–H and O–H groups in total. The van der Waals surface area contributed by atoms with Crippen molar-refractivity contribution in [3.8, 4) is 11.8 Å². The van der Waals surface area contributed by atoms with Crippen LogP contribution in [-0.2, 0) is 9.53 Å². The summed E-state index contributed by atoms with van der Waals surface area (Å²) in [6, 6.07) is 0. The molecule has 2 aromatic rings. The number of nitrogens with two attached hydrogens (primary N) is 2. The van der Waals surface area contributed by atoms with Crippen molar-refractivity contribution in [2.24, 2.45) is 5.73 Å². The fraction of sp³-hybridized carbons (Fsp3) is 0.529. The van der Waals surface area contributed by atoms with E-state index < -0.39 is 36.6 Å². The van der Waals surface area contributed by atoms with Gasteiger partial charge in [-0.05, 0) is 12.3 Å². The number of amides is 1. The van der Waals surface area contributed by atoms with Gasteiger partial charge in [0.05, 0.1) is 12.9 Å². The van der Waals surface area contributed by atoms with Crippen LogP contribution in [0.4, 0.5) is 5.82 Å². The molecular weight excluding hydrogens is 368 g/mol. The number of anilines is 1. The minimum Gasteiger partial charge on any atom is -0.393 e. The Morgan fingerprint density at radius 3 is 2.79 bits per heavy atom. The Morgan fingerprint density at radius 1 is 1.43 bits per heavy atom. The molecule has 1 aliphatic heterocycles. The minimum absolute atomic E-state index is 0.0832. The van der Waals surface area contributed by atoms with Crippen molar-refractivity contribution in [1.29, 1.82) is 0 Å². The molecule has 0 bridgehead atoms. The van der Waals surface area contributed by atoms with Crippen LogP contribution in [-0.4, -0.2) is 65.2 Å². The number of aliphatic hydroxyl groups is 3. The van der Waals surface area contributed by atoms with E-state index in [4.69, 9.17) is 16.2 Å². The van der Waals surface area contributed by atoms with Crippen molar-refractivity contribution in [2.45, 2.75) is 50.2 Å². The summed E-state index contributed by atoms with van der Waals surface area (Å²) in [5.74, 6) is 4.92. The Labute approximate surface area is 160 Å². The molecule has 3 heterocycles. The first-order valence-corrected chi connectivity index (χ1v) is 8.79. The van der Waals surface area contributed by atoms with Crippen LogP contribution in [0.2, 0.25) is 0 Å². The number of aromatic nitrogens is 4. The molecule has 1 fully saturated rings. The molecule has 2 aromatic heterocycles. The molecule has 150 valence electrons. The summed E-state index contributed by atoms with van der Waals surface area (Å²) in [5.41, 5.74) is 9.48. The number of carbonyl (C=O) groups excluding carboxylic acids is 1. The van der Waals surface area contributed by atoms with E-state index in [0.29, 0.717) is 6.42 Å². The SMILES string of the molecule is CCCCC#Cc1nc(N)c2ncn([C@@H]3O[C@@](CO)(C(N)=O)[C@@H](O)[C@H]3O)c2n1. The van der Waals surface area contributed by atoms with Crippen LogP contribution >= 0.6 is 0 Å². The first kappa shape index (κ1) is 20.0. The molecule has 0 aromatic carbocycles. The van der Waals surface area contributed by atoms with E-state index >= 15 is 0 Å². The topological polar surface area (TPSA) is 183 Å². The number of primary amides is 1. The Bertz CT molecular complexity index is 951. The van der Waals surface area contributed by atoms with E-state index in [2.05, 4.69) is 33.7 Å². The van der Waals surface area contributed by atoms with E-state index in [1.54, 1.807) is 0 Å². The number of aliphatic hydroxyl groups excluding tert-OH is 3. The lowest BCUT2D eigenvalue weighted by Gasteiger charge is -2.25. The molecule has 1 amide bonds. The van der Waals surface area contributed by atoms with E-state index in [1.165, 1.54) is 10.9 Å². The standard InChI is InChI=1S/C17H22N6O5/c1-2-3-4-5-6-9-21-13(18)10-14(22-9)23(8-20-10)15-11(25)12(26)17(7-24,28-15)16(19)27/h8,11-12,15,24-26H,2-4,7H2,1H3,(H2,19,27)(H2,18,21,22)/t11-,12+,15-,17-/m1/s1. The number of carbonyl (C=O) groups is 1. The van der Waals surface area contributed by atoms with Gasteiger partial charge in [-0.25, -0.2) is 15.0 Å². The van der Waals surface area contributed by atoms with Crippen molar-refractivity contribution in [2.75, 3.05) is 12.3 Å². The van der Waals surface area contributed by atoms with Gasteiger partial charge >= 0.3 is 0 Å². The lowest BCUT2D eigenvalue weighted by Crippen LogP contribution is -2.56. The summed E-state index contributed by atoms with van der Waals surface area (Å²) in [6.07, 6.45) is -0.689.